The van der Waals surface area contributed by atoms with Gasteiger partial charge in [0.05, 0.1) is 16.9 Å². The van der Waals surface area contributed by atoms with E-state index in [0.717, 1.165) is 11.3 Å². The van der Waals surface area contributed by atoms with Crippen molar-refractivity contribution in [2.24, 2.45) is 0 Å². The fraction of sp³-hybridized carbons (Fsp3) is 0.0952. The Morgan fingerprint density at radius 1 is 1.17 bits per heavy atom. The maximum atomic E-state index is 11.9. The van der Waals surface area contributed by atoms with E-state index in [9.17, 15) is 4.79 Å². The van der Waals surface area contributed by atoms with Crippen molar-refractivity contribution in [1.29, 1.82) is 0 Å². The van der Waals surface area contributed by atoms with Crippen molar-refractivity contribution in [3.8, 4) is 17.2 Å². The monoisotopic (exact) mass is 409 g/mol. The Hall–Kier alpha value is -3.58. The highest BCUT2D eigenvalue weighted by atomic mass is 35.5. The molecular formula is C21H16ClN3O4. The van der Waals surface area contributed by atoms with Crippen LogP contribution in [0.15, 0.2) is 66.9 Å². The molecule has 7 nitrogen and oxygen atoms in total. The number of rotatable bonds is 6. The van der Waals surface area contributed by atoms with E-state index < -0.39 is 5.97 Å². The Bertz CT molecular complexity index is 1090. The van der Waals surface area contributed by atoms with Crippen molar-refractivity contribution < 1.29 is 19.0 Å². The summed E-state index contributed by atoms with van der Waals surface area (Å²) >= 11 is 6.14. The third kappa shape index (κ3) is 4.64. The summed E-state index contributed by atoms with van der Waals surface area (Å²) in [5.74, 6) is 0.959. The molecule has 4 rings (SSSR count). The van der Waals surface area contributed by atoms with Gasteiger partial charge in [-0.2, -0.15) is 0 Å². The number of carbonyl (C=O) groups is 1. The van der Waals surface area contributed by atoms with Gasteiger partial charge in [0.2, 0.25) is 6.79 Å². The molecule has 0 saturated carbocycles. The van der Waals surface area contributed by atoms with Crippen LogP contribution in [0.5, 0.6) is 11.5 Å². The van der Waals surface area contributed by atoms with Crippen LogP contribution < -0.4 is 9.47 Å². The van der Waals surface area contributed by atoms with Crippen molar-refractivity contribution in [3.05, 3.63) is 83.2 Å². The predicted octanol–water partition coefficient (Wildman–Crippen LogP) is 3.96. The van der Waals surface area contributed by atoms with Gasteiger partial charge in [-0.25, -0.2) is 9.48 Å². The number of fused-ring (bicyclic) bond motifs is 1. The van der Waals surface area contributed by atoms with Crippen LogP contribution >= 0.6 is 11.6 Å². The number of aromatic nitrogens is 3. The lowest BCUT2D eigenvalue weighted by Gasteiger charge is -2.01. The molecule has 0 fully saturated rings. The van der Waals surface area contributed by atoms with Gasteiger partial charge in [-0.1, -0.05) is 53.2 Å². The first-order valence-corrected chi connectivity index (χ1v) is 9.14. The predicted molar refractivity (Wildman–Crippen MR) is 107 cm³/mol. The molecule has 2 heterocycles. The molecule has 29 heavy (non-hydrogen) atoms. The quantitative estimate of drug-likeness (QED) is 0.348. The second kappa shape index (κ2) is 8.62. The standard InChI is InChI=1S/C21H16ClN3O4/c22-17-6-2-3-7-18(17)25-12-16(23-24-25)13-27-21(26)8-4-1-5-15-9-10-19-20(11-15)29-14-28-19/h1-12H,13-14H2/b5-1+,8-4+. The molecule has 0 atom stereocenters. The number of carbonyl (C=O) groups excluding carboxylic acids is 1. The Morgan fingerprint density at radius 2 is 2.03 bits per heavy atom. The Morgan fingerprint density at radius 3 is 2.93 bits per heavy atom. The second-order valence-corrected chi connectivity index (χ2v) is 6.45. The molecule has 0 N–H and O–H groups in total. The zero-order valence-electron chi connectivity index (χ0n) is 15.2. The first-order valence-electron chi connectivity index (χ1n) is 8.76. The van der Waals surface area contributed by atoms with E-state index in [1.807, 2.05) is 42.5 Å². The van der Waals surface area contributed by atoms with Gasteiger partial charge >= 0.3 is 5.97 Å². The molecule has 146 valence electrons. The Labute approximate surface area is 171 Å². The van der Waals surface area contributed by atoms with Gasteiger partial charge in [0, 0.05) is 6.08 Å². The average molecular weight is 410 g/mol. The smallest absolute Gasteiger partial charge is 0.331 e. The first kappa shape index (κ1) is 18.8. The number of benzene rings is 2. The molecule has 3 aromatic rings. The van der Waals surface area contributed by atoms with E-state index in [-0.39, 0.29) is 13.4 Å². The molecule has 2 aromatic carbocycles. The maximum Gasteiger partial charge on any atom is 0.331 e. The van der Waals surface area contributed by atoms with Gasteiger partial charge in [0.1, 0.15) is 12.3 Å². The van der Waals surface area contributed by atoms with E-state index >= 15 is 0 Å². The van der Waals surface area contributed by atoms with E-state index in [1.54, 1.807) is 24.4 Å². The molecule has 0 aliphatic carbocycles. The summed E-state index contributed by atoms with van der Waals surface area (Å²) in [6.07, 6.45) is 8.20. The van der Waals surface area contributed by atoms with Crippen LogP contribution in [0.25, 0.3) is 11.8 Å². The van der Waals surface area contributed by atoms with Gasteiger partial charge in [-0.05, 0) is 29.8 Å². The summed E-state index contributed by atoms with van der Waals surface area (Å²) in [7, 11) is 0. The van der Waals surface area contributed by atoms with E-state index in [4.69, 9.17) is 25.8 Å². The molecule has 1 aliphatic heterocycles. The fourth-order valence-electron chi connectivity index (χ4n) is 2.63. The normalized spacial score (nSPS) is 12.7. The minimum absolute atomic E-state index is 0.0134. The molecule has 0 radical (unpaired) electrons. The fourth-order valence-corrected chi connectivity index (χ4v) is 2.85. The molecular weight excluding hydrogens is 394 g/mol. The maximum absolute atomic E-state index is 11.9. The lowest BCUT2D eigenvalue weighted by atomic mass is 10.2. The minimum Gasteiger partial charge on any atom is -0.456 e. The van der Waals surface area contributed by atoms with Crippen LogP contribution in [0.2, 0.25) is 5.02 Å². The highest BCUT2D eigenvalue weighted by Crippen LogP contribution is 2.32. The largest absolute Gasteiger partial charge is 0.456 e. The lowest BCUT2D eigenvalue weighted by molar-refractivity contribution is -0.139. The zero-order valence-corrected chi connectivity index (χ0v) is 16.0. The molecule has 1 aromatic heterocycles. The summed E-state index contributed by atoms with van der Waals surface area (Å²) in [6.45, 7) is 0.250. The third-order valence-electron chi connectivity index (χ3n) is 4.03. The number of halogens is 1. The number of para-hydroxylation sites is 1. The highest BCUT2D eigenvalue weighted by molar-refractivity contribution is 6.32. The van der Waals surface area contributed by atoms with Gasteiger partial charge in [-0.3, -0.25) is 0 Å². The summed E-state index contributed by atoms with van der Waals surface area (Å²) in [5, 5.41) is 8.54. The molecule has 0 unspecified atom stereocenters. The van der Waals surface area contributed by atoms with E-state index in [2.05, 4.69) is 10.3 Å². The molecule has 0 bridgehead atoms. The van der Waals surface area contributed by atoms with Crippen molar-refractivity contribution in [3.63, 3.8) is 0 Å². The van der Waals surface area contributed by atoms with Crippen LogP contribution in [-0.2, 0) is 16.1 Å². The first-order chi connectivity index (χ1) is 14.2. The van der Waals surface area contributed by atoms with E-state index in [0.29, 0.717) is 22.2 Å². The van der Waals surface area contributed by atoms with Gasteiger partial charge in [0.25, 0.3) is 0 Å². The molecule has 0 saturated heterocycles. The molecule has 0 amide bonds. The second-order valence-electron chi connectivity index (χ2n) is 6.04. The number of esters is 1. The topological polar surface area (TPSA) is 75.5 Å². The van der Waals surface area contributed by atoms with Crippen molar-refractivity contribution in [1.82, 2.24) is 15.0 Å². The Balaban J connectivity index is 1.28. The minimum atomic E-state index is -0.479. The molecule has 0 spiro atoms. The molecule has 1 aliphatic rings. The lowest BCUT2D eigenvalue weighted by Crippen LogP contribution is -2.00. The number of ether oxygens (including phenoxy) is 3. The highest BCUT2D eigenvalue weighted by Gasteiger charge is 2.12. The number of hydrogen-bond acceptors (Lipinski definition) is 6. The van der Waals surface area contributed by atoms with Crippen molar-refractivity contribution in [2.45, 2.75) is 6.61 Å². The Kier molecular flexibility index (Phi) is 5.58. The van der Waals surface area contributed by atoms with Gasteiger partial charge < -0.3 is 14.2 Å². The number of nitrogens with zero attached hydrogens (tertiary/aromatic N) is 3. The van der Waals surface area contributed by atoms with Crippen molar-refractivity contribution in [2.75, 3.05) is 6.79 Å². The molecule has 8 heteroatoms. The van der Waals surface area contributed by atoms with Crippen molar-refractivity contribution >= 4 is 23.6 Å². The van der Waals surface area contributed by atoms with Gasteiger partial charge in [-0.15, -0.1) is 5.10 Å². The van der Waals surface area contributed by atoms with E-state index in [1.165, 1.54) is 10.8 Å². The third-order valence-corrected chi connectivity index (χ3v) is 4.35. The van der Waals surface area contributed by atoms with Crippen LogP contribution in [0, 0.1) is 0 Å². The number of allylic oxidation sites excluding steroid dienone is 2. The van der Waals surface area contributed by atoms with Crippen LogP contribution in [-0.4, -0.2) is 27.8 Å². The summed E-state index contributed by atoms with van der Waals surface area (Å²) in [6, 6.07) is 12.9. The van der Waals surface area contributed by atoms with Crippen LogP contribution in [0.3, 0.4) is 0 Å². The average Bonchev–Trinajstić information content (AvgIpc) is 3.39. The van der Waals surface area contributed by atoms with Crippen LogP contribution in [0.4, 0.5) is 0 Å². The van der Waals surface area contributed by atoms with Crippen LogP contribution in [0.1, 0.15) is 11.3 Å². The summed E-state index contributed by atoms with van der Waals surface area (Å²) in [5.41, 5.74) is 2.15. The zero-order chi connectivity index (χ0) is 20.1. The summed E-state index contributed by atoms with van der Waals surface area (Å²) in [4.78, 5) is 11.9. The SMILES string of the molecule is O=C(/C=C/C=C/c1ccc2c(c1)OCO2)OCc1cn(-c2ccccc2Cl)nn1. The number of hydrogen-bond donors (Lipinski definition) is 0. The summed E-state index contributed by atoms with van der Waals surface area (Å²) < 4.78 is 17.3. The van der Waals surface area contributed by atoms with Gasteiger partial charge in [0.15, 0.2) is 11.5 Å².